The molecule has 1 aliphatic heterocycles. The van der Waals surface area contributed by atoms with E-state index in [1.807, 2.05) is 0 Å². The highest BCUT2D eigenvalue weighted by Crippen LogP contribution is 2.32. The number of hydrogen-bond donors (Lipinski definition) is 0. The van der Waals surface area contributed by atoms with Gasteiger partial charge in [-0.05, 0) is 51.0 Å². The van der Waals surface area contributed by atoms with Crippen molar-refractivity contribution in [3.05, 3.63) is 35.1 Å². The van der Waals surface area contributed by atoms with Crippen LogP contribution in [-0.2, 0) is 9.53 Å². The molecule has 1 aromatic carbocycles. The number of amides is 1. The van der Waals surface area contributed by atoms with Gasteiger partial charge in [-0.25, -0.2) is 9.18 Å². The number of Topliss-reactive ketones (excluding diaryl/α,β-unsaturated/α-hetero) is 1. The van der Waals surface area contributed by atoms with Gasteiger partial charge >= 0.3 is 6.09 Å². The van der Waals surface area contributed by atoms with Crippen LogP contribution in [-0.4, -0.2) is 28.9 Å². The second-order valence-electron chi connectivity index (χ2n) is 6.68. The molecule has 0 N–H and O–H groups in total. The molecule has 22 heavy (non-hydrogen) atoms. The van der Waals surface area contributed by atoms with Crippen LogP contribution in [0.25, 0.3) is 0 Å². The van der Waals surface area contributed by atoms with Crippen LogP contribution in [0.5, 0.6) is 0 Å². The fourth-order valence-electron chi connectivity index (χ4n) is 2.66. The zero-order valence-electron chi connectivity index (χ0n) is 13.5. The highest BCUT2D eigenvalue weighted by atomic mass is 19.1. The van der Waals surface area contributed by atoms with Gasteiger partial charge in [-0.1, -0.05) is 6.07 Å². The summed E-state index contributed by atoms with van der Waals surface area (Å²) in [6.07, 6.45) is 0.135. The van der Waals surface area contributed by atoms with E-state index in [1.54, 1.807) is 38.7 Å². The summed E-state index contributed by atoms with van der Waals surface area (Å²) in [4.78, 5) is 25.8. The van der Waals surface area contributed by atoms with E-state index in [9.17, 15) is 14.0 Å². The van der Waals surface area contributed by atoms with Crippen molar-refractivity contribution in [2.24, 2.45) is 0 Å². The van der Waals surface area contributed by atoms with Gasteiger partial charge in [0.25, 0.3) is 0 Å². The topological polar surface area (TPSA) is 46.6 Å². The summed E-state index contributed by atoms with van der Waals surface area (Å²) < 4.78 is 18.7. The minimum atomic E-state index is -0.596. The second-order valence-corrected chi connectivity index (χ2v) is 6.68. The molecule has 1 fully saturated rings. The summed E-state index contributed by atoms with van der Waals surface area (Å²) in [5, 5.41) is 0. The summed E-state index contributed by atoms with van der Waals surface area (Å²) in [5.41, 5.74) is 0.926. The number of likely N-dealkylation sites (tertiary alicyclic amines) is 1. The highest BCUT2D eigenvalue weighted by molar-refractivity contribution is 5.82. The van der Waals surface area contributed by atoms with E-state index in [-0.39, 0.29) is 18.0 Å². The number of hydrogen-bond acceptors (Lipinski definition) is 3. The maximum atomic E-state index is 13.3. The quantitative estimate of drug-likeness (QED) is 0.793. The lowest BCUT2D eigenvalue weighted by molar-refractivity contribution is -0.123. The summed E-state index contributed by atoms with van der Waals surface area (Å²) in [5.74, 6) is -0.222. The molecule has 0 spiro atoms. The minimum Gasteiger partial charge on any atom is -0.444 e. The van der Waals surface area contributed by atoms with Crippen molar-refractivity contribution in [2.45, 2.75) is 52.2 Å². The summed E-state index contributed by atoms with van der Waals surface area (Å²) in [6.45, 7) is 7.52. The van der Waals surface area contributed by atoms with Crippen LogP contribution >= 0.6 is 0 Å². The fraction of sp³-hybridized carbons (Fsp3) is 0.529. The Morgan fingerprint density at radius 2 is 2.05 bits per heavy atom. The number of rotatable bonds is 1. The lowest BCUT2D eigenvalue weighted by Crippen LogP contribution is -2.44. The first-order valence-electron chi connectivity index (χ1n) is 7.45. The number of carbonyl (C=O) groups excluding carboxylic acids is 2. The molecular formula is C17H22FNO3. The summed E-state index contributed by atoms with van der Waals surface area (Å²) in [7, 11) is 0. The third-order valence-corrected chi connectivity index (χ3v) is 3.65. The number of aryl methyl sites for hydroxylation is 1. The van der Waals surface area contributed by atoms with Crippen LogP contribution < -0.4 is 0 Å². The van der Waals surface area contributed by atoms with Gasteiger partial charge in [0.2, 0.25) is 0 Å². The number of nitrogens with zero attached hydrogens (tertiary/aromatic N) is 1. The van der Waals surface area contributed by atoms with Gasteiger partial charge in [0, 0.05) is 19.4 Å². The Balaban J connectivity index is 2.31. The standard InChI is InChI=1S/C17H22FNO3/c1-11-9-12(18)5-6-14(11)15-10-13(20)7-8-19(15)16(21)22-17(2,3)4/h5-6,9,15H,7-8,10H2,1-4H3/t15-/m0/s1. The average Bonchev–Trinajstić information content (AvgIpc) is 2.36. The molecule has 0 bridgehead atoms. The Labute approximate surface area is 130 Å². The van der Waals surface area contributed by atoms with Crippen molar-refractivity contribution in [3.8, 4) is 0 Å². The number of carbonyl (C=O) groups is 2. The predicted molar refractivity (Wildman–Crippen MR) is 81.1 cm³/mol. The van der Waals surface area contributed by atoms with Gasteiger partial charge in [0.05, 0.1) is 6.04 Å². The Hall–Kier alpha value is -1.91. The number of ether oxygens (including phenoxy) is 1. The monoisotopic (exact) mass is 307 g/mol. The molecule has 4 nitrogen and oxygen atoms in total. The molecule has 1 heterocycles. The van der Waals surface area contributed by atoms with Gasteiger partial charge in [0.1, 0.15) is 17.2 Å². The Kier molecular flexibility index (Phi) is 4.54. The van der Waals surface area contributed by atoms with Crippen LogP contribution in [0.4, 0.5) is 9.18 Å². The van der Waals surface area contributed by atoms with E-state index in [0.29, 0.717) is 13.0 Å². The first-order valence-corrected chi connectivity index (χ1v) is 7.45. The van der Waals surface area contributed by atoms with Crippen LogP contribution in [0, 0.1) is 12.7 Å². The first-order chi connectivity index (χ1) is 10.2. The molecule has 1 atom stereocenters. The largest absolute Gasteiger partial charge is 0.444 e. The van der Waals surface area contributed by atoms with Crippen molar-refractivity contribution in [1.82, 2.24) is 4.90 Å². The van der Waals surface area contributed by atoms with Crippen molar-refractivity contribution >= 4 is 11.9 Å². The van der Waals surface area contributed by atoms with Crippen LogP contribution in [0.3, 0.4) is 0 Å². The summed E-state index contributed by atoms with van der Waals surface area (Å²) >= 11 is 0. The van der Waals surface area contributed by atoms with E-state index in [4.69, 9.17) is 4.74 Å². The van der Waals surface area contributed by atoms with Crippen molar-refractivity contribution in [2.75, 3.05) is 6.54 Å². The highest BCUT2D eigenvalue weighted by Gasteiger charge is 2.35. The zero-order valence-corrected chi connectivity index (χ0v) is 13.5. The van der Waals surface area contributed by atoms with Gasteiger partial charge < -0.3 is 9.64 Å². The van der Waals surface area contributed by atoms with E-state index in [2.05, 4.69) is 0 Å². The number of benzene rings is 1. The van der Waals surface area contributed by atoms with Gasteiger partial charge in [-0.2, -0.15) is 0 Å². The summed E-state index contributed by atoms with van der Waals surface area (Å²) in [6, 6.07) is 4.03. The molecular weight excluding hydrogens is 285 g/mol. The minimum absolute atomic E-state index is 0.105. The molecule has 1 aliphatic rings. The molecule has 0 aliphatic carbocycles. The average molecular weight is 307 g/mol. The van der Waals surface area contributed by atoms with Crippen molar-refractivity contribution in [3.63, 3.8) is 0 Å². The molecule has 5 heteroatoms. The molecule has 120 valence electrons. The Morgan fingerprint density at radius 3 is 2.64 bits per heavy atom. The number of piperidine rings is 1. The maximum Gasteiger partial charge on any atom is 0.410 e. The Bertz CT molecular complexity index is 592. The third kappa shape index (κ3) is 3.84. The molecule has 1 amide bonds. The molecule has 0 unspecified atom stereocenters. The fourth-order valence-corrected chi connectivity index (χ4v) is 2.66. The second kappa shape index (κ2) is 6.07. The van der Waals surface area contributed by atoms with Crippen molar-refractivity contribution in [1.29, 1.82) is 0 Å². The van der Waals surface area contributed by atoms with E-state index in [1.165, 1.54) is 12.1 Å². The van der Waals surface area contributed by atoms with E-state index in [0.717, 1.165) is 11.1 Å². The van der Waals surface area contributed by atoms with Gasteiger partial charge in [-0.15, -0.1) is 0 Å². The SMILES string of the molecule is Cc1cc(F)ccc1[C@@H]1CC(=O)CCN1C(=O)OC(C)(C)C. The lowest BCUT2D eigenvalue weighted by atomic mass is 9.92. The first kappa shape index (κ1) is 16.5. The van der Waals surface area contributed by atoms with Crippen LogP contribution in [0.2, 0.25) is 0 Å². The van der Waals surface area contributed by atoms with Crippen LogP contribution in [0.1, 0.15) is 50.8 Å². The lowest BCUT2D eigenvalue weighted by Gasteiger charge is -2.37. The molecule has 0 saturated carbocycles. The maximum absolute atomic E-state index is 13.3. The molecule has 0 radical (unpaired) electrons. The Morgan fingerprint density at radius 1 is 1.36 bits per heavy atom. The zero-order chi connectivity index (χ0) is 16.5. The van der Waals surface area contributed by atoms with Gasteiger partial charge in [0.15, 0.2) is 0 Å². The van der Waals surface area contributed by atoms with Gasteiger partial charge in [-0.3, -0.25) is 4.79 Å². The predicted octanol–water partition coefficient (Wildman–Crippen LogP) is 3.78. The van der Waals surface area contributed by atoms with E-state index >= 15 is 0 Å². The molecule has 1 aromatic rings. The van der Waals surface area contributed by atoms with Crippen LogP contribution in [0.15, 0.2) is 18.2 Å². The number of halogens is 1. The molecule has 2 rings (SSSR count). The van der Waals surface area contributed by atoms with Crippen molar-refractivity contribution < 1.29 is 18.7 Å². The molecule has 1 saturated heterocycles. The smallest absolute Gasteiger partial charge is 0.410 e. The third-order valence-electron chi connectivity index (χ3n) is 3.65. The molecule has 0 aromatic heterocycles. The van der Waals surface area contributed by atoms with E-state index < -0.39 is 17.7 Å². The number of ketones is 1. The normalized spacial score (nSPS) is 19.2.